The van der Waals surface area contributed by atoms with E-state index in [9.17, 15) is 4.79 Å². The highest BCUT2D eigenvalue weighted by atomic mass is 32.1. The van der Waals surface area contributed by atoms with Crippen LogP contribution in [0.25, 0.3) is 0 Å². The predicted octanol–water partition coefficient (Wildman–Crippen LogP) is 2.52. The highest BCUT2D eigenvalue weighted by Crippen LogP contribution is 2.42. The van der Waals surface area contributed by atoms with Gasteiger partial charge in [0.05, 0.1) is 28.7 Å². The summed E-state index contributed by atoms with van der Waals surface area (Å²) in [7, 11) is 0. The van der Waals surface area contributed by atoms with Gasteiger partial charge in [0.25, 0.3) is 0 Å². The Morgan fingerprint density at radius 1 is 1.39 bits per heavy atom. The molecule has 1 saturated heterocycles. The molecule has 1 aromatic rings. The fourth-order valence-corrected chi connectivity index (χ4v) is 5.90. The Morgan fingerprint density at radius 3 is 2.79 bits per heavy atom. The number of hydrogen-bond donors (Lipinski definition) is 3. The minimum absolute atomic E-state index is 0.00859. The number of rotatable bonds is 5. The zero-order valence-electron chi connectivity index (χ0n) is 17.4. The molecule has 0 radical (unpaired) electrons. The molecule has 1 atom stereocenters. The minimum atomic E-state index is -0.280. The number of carbonyl (C=O) groups excluding carboxylic acids is 1. The maximum Gasteiger partial charge on any atom is 0.341 e. The quantitative estimate of drug-likeness (QED) is 0.496. The number of hydrogen-bond acceptors (Lipinski definition) is 5. The Balaban J connectivity index is 1.86. The van der Waals surface area contributed by atoms with Crippen molar-refractivity contribution in [2.75, 3.05) is 25.1 Å². The number of carbonyl (C=O) groups is 1. The largest absolute Gasteiger partial charge is 0.462 e. The van der Waals surface area contributed by atoms with Gasteiger partial charge in [-0.25, -0.2) is 4.79 Å². The molecule has 156 valence electrons. The van der Waals surface area contributed by atoms with Crippen molar-refractivity contribution < 1.29 is 19.6 Å². The molecule has 2 aliphatic rings. The molecule has 0 spiro atoms. The van der Waals surface area contributed by atoms with Gasteiger partial charge in [0.2, 0.25) is 0 Å². The van der Waals surface area contributed by atoms with E-state index in [-0.39, 0.29) is 23.2 Å². The fraction of sp³-hybridized carbons (Fsp3) is 0.700. The van der Waals surface area contributed by atoms with Crippen molar-refractivity contribution >= 4 is 39.6 Å². The van der Waals surface area contributed by atoms with Gasteiger partial charge in [-0.3, -0.25) is 0 Å². The zero-order valence-corrected chi connectivity index (χ0v) is 19.1. The molecule has 6 nitrogen and oxygen atoms in total. The summed E-state index contributed by atoms with van der Waals surface area (Å²) in [6, 6.07) is 0. The van der Waals surface area contributed by atoms with Gasteiger partial charge < -0.3 is 25.4 Å². The summed E-state index contributed by atoms with van der Waals surface area (Å²) in [6.45, 7) is 12.5. The Hall–Kier alpha value is -1.22. The predicted molar refractivity (Wildman–Crippen MR) is 116 cm³/mol. The van der Waals surface area contributed by atoms with Gasteiger partial charge in [0.1, 0.15) is 10.5 Å². The normalized spacial score (nSPS) is 22.4. The molecule has 0 unspecified atom stereocenters. The molecule has 0 saturated carbocycles. The molecular formula is C20H32N3O3S2+. The molecule has 1 fully saturated rings. The number of thiocarbonyl (C=S) groups is 1. The Kier molecular flexibility index (Phi) is 6.34. The second kappa shape index (κ2) is 8.26. The van der Waals surface area contributed by atoms with Crippen LogP contribution in [0, 0.1) is 0 Å². The number of nitrogens with one attached hydrogen (secondary N) is 2. The van der Waals surface area contributed by atoms with E-state index in [0.717, 1.165) is 36.4 Å². The smallest absolute Gasteiger partial charge is 0.341 e. The third-order valence-electron chi connectivity index (χ3n) is 5.20. The second-order valence-corrected chi connectivity index (χ2v) is 10.3. The van der Waals surface area contributed by atoms with E-state index in [1.54, 1.807) is 11.3 Å². The van der Waals surface area contributed by atoms with Crippen molar-refractivity contribution in [3.63, 3.8) is 0 Å². The molecule has 0 aliphatic carbocycles. The molecule has 0 amide bonds. The number of esters is 1. The molecule has 3 heterocycles. The monoisotopic (exact) mass is 426 g/mol. The molecule has 0 aromatic carbocycles. The molecular weight excluding hydrogens is 394 g/mol. The Bertz CT molecular complexity index is 752. The highest BCUT2D eigenvalue weighted by molar-refractivity contribution is 7.80. The van der Waals surface area contributed by atoms with Crippen LogP contribution in [0.15, 0.2) is 0 Å². The average molecular weight is 427 g/mol. The van der Waals surface area contributed by atoms with Crippen molar-refractivity contribution in [2.45, 2.75) is 71.1 Å². The minimum Gasteiger partial charge on any atom is -0.462 e. The summed E-state index contributed by atoms with van der Waals surface area (Å²) in [6.07, 6.45) is 3.17. The number of nitrogens with two attached hydrogens (primary N) is 1. The number of quaternary nitrogens is 1. The van der Waals surface area contributed by atoms with Crippen LogP contribution >= 0.6 is 23.6 Å². The van der Waals surface area contributed by atoms with Crippen LogP contribution in [-0.4, -0.2) is 42.5 Å². The van der Waals surface area contributed by atoms with Crippen LogP contribution in [-0.2, 0) is 21.4 Å². The van der Waals surface area contributed by atoms with Gasteiger partial charge in [0.15, 0.2) is 5.11 Å². The van der Waals surface area contributed by atoms with Crippen molar-refractivity contribution in [2.24, 2.45) is 0 Å². The first-order valence-corrected chi connectivity index (χ1v) is 11.2. The number of thiophene rings is 1. The molecule has 0 bridgehead atoms. The highest BCUT2D eigenvalue weighted by Gasteiger charge is 2.45. The molecule has 1 aromatic heterocycles. The summed E-state index contributed by atoms with van der Waals surface area (Å²) in [4.78, 5) is 14.0. The van der Waals surface area contributed by atoms with Gasteiger partial charge in [0, 0.05) is 19.6 Å². The number of ether oxygens (including phenoxy) is 2. The standard InChI is InChI=1S/C20H31N3O3S2/c1-6-25-17(24)14-13-10-19(2,3)23-20(4,5)15(13)28-16(14)22-18(27)21-11-12-8-7-9-26-12/h12,23H,6-11H2,1-5H3,(H2,21,22,27)/p+1/t12-/m1/s1. The van der Waals surface area contributed by atoms with E-state index in [1.165, 1.54) is 4.88 Å². The molecule has 4 N–H and O–H groups in total. The lowest BCUT2D eigenvalue weighted by Crippen LogP contribution is -3.03. The van der Waals surface area contributed by atoms with Crippen LogP contribution in [0.1, 0.15) is 68.3 Å². The van der Waals surface area contributed by atoms with Crippen molar-refractivity contribution in [1.29, 1.82) is 0 Å². The van der Waals surface area contributed by atoms with E-state index in [1.807, 2.05) is 6.92 Å². The number of fused-ring (bicyclic) bond motifs is 1. The Labute approximate surface area is 176 Å². The molecule has 8 heteroatoms. The summed E-state index contributed by atoms with van der Waals surface area (Å²) < 4.78 is 11.0. The summed E-state index contributed by atoms with van der Waals surface area (Å²) >= 11 is 7.10. The molecule has 28 heavy (non-hydrogen) atoms. The van der Waals surface area contributed by atoms with E-state index in [2.05, 4.69) is 43.6 Å². The number of anilines is 1. The fourth-order valence-electron chi connectivity index (χ4n) is 4.37. The second-order valence-electron chi connectivity index (χ2n) is 8.84. The lowest BCUT2D eigenvalue weighted by molar-refractivity contribution is -0.789. The lowest BCUT2D eigenvalue weighted by atomic mass is 9.81. The Morgan fingerprint density at radius 2 is 2.14 bits per heavy atom. The van der Waals surface area contributed by atoms with Crippen molar-refractivity contribution in [1.82, 2.24) is 5.32 Å². The third-order valence-corrected chi connectivity index (χ3v) is 6.93. The molecule has 2 aliphatic heterocycles. The van der Waals surface area contributed by atoms with Crippen LogP contribution in [0.4, 0.5) is 5.00 Å². The first-order valence-electron chi connectivity index (χ1n) is 10.00. The van der Waals surface area contributed by atoms with E-state index >= 15 is 0 Å². The van der Waals surface area contributed by atoms with E-state index in [0.29, 0.717) is 23.8 Å². The maximum absolute atomic E-state index is 12.8. The van der Waals surface area contributed by atoms with Crippen LogP contribution in [0.3, 0.4) is 0 Å². The van der Waals surface area contributed by atoms with Gasteiger partial charge in [-0.05, 0) is 65.2 Å². The van der Waals surface area contributed by atoms with Gasteiger partial charge in [-0.2, -0.15) is 0 Å². The first kappa shape index (κ1) is 21.5. The topological polar surface area (TPSA) is 76.2 Å². The van der Waals surface area contributed by atoms with Crippen molar-refractivity contribution in [3.05, 3.63) is 16.0 Å². The van der Waals surface area contributed by atoms with Crippen LogP contribution in [0.5, 0.6) is 0 Å². The van der Waals surface area contributed by atoms with E-state index in [4.69, 9.17) is 21.7 Å². The van der Waals surface area contributed by atoms with Gasteiger partial charge >= 0.3 is 5.97 Å². The zero-order chi connectivity index (χ0) is 20.5. The van der Waals surface area contributed by atoms with Crippen molar-refractivity contribution in [3.8, 4) is 0 Å². The SMILES string of the molecule is CCOC(=O)c1c(NC(=S)NC[C@H]2CCCO2)sc2c1CC(C)(C)[NH2+]C2(C)C. The van der Waals surface area contributed by atoms with E-state index < -0.39 is 0 Å². The lowest BCUT2D eigenvalue weighted by Gasteiger charge is -2.38. The first-order chi connectivity index (χ1) is 13.1. The third kappa shape index (κ3) is 4.67. The van der Waals surface area contributed by atoms with Gasteiger partial charge in [-0.1, -0.05) is 0 Å². The summed E-state index contributed by atoms with van der Waals surface area (Å²) in [5.41, 5.74) is 1.62. The van der Waals surface area contributed by atoms with Crippen LogP contribution < -0.4 is 16.0 Å². The molecule has 3 rings (SSSR count). The summed E-state index contributed by atoms with van der Waals surface area (Å²) in [5, 5.41) is 10.2. The maximum atomic E-state index is 12.8. The van der Waals surface area contributed by atoms with Gasteiger partial charge in [-0.15, -0.1) is 11.3 Å². The average Bonchev–Trinajstić information content (AvgIpc) is 3.19. The summed E-state index contributed by atoms with van der Waals surface area (Å²) in [5.74, 6) is -0.280. The van der Waals surface area contributed by atoms with Crippen LogP contribution in [0.2, 0.25) is 0 Å².